The van der Waals surface area contributed by atoms with Crippen LogP contribution >= 0.6 is 0 Å². The second-order valence-corrected chi connectivity index (χ2v) is 8.15. The fourth-order valence-corrected chi connectivity index (χ4v) is 3.09. The Bertz CT molecular complexity index is 768. The summed E-state index contributed by atoms with van der Waals surface area (Å²) in [4.78, 5) is 37.2. The van der Waals surface area contributed by atoms with Crippen LogP contribution in [0.1, 0.15) is 44.6 Å². The summed E-state index contributed by atoms with van der Waals surface area (Å²) < 4.78 is 11.1. The highest BCUT2D eigenvalue weighted by Crippen LogP contribution is 2.11. The van der Waals surface area contributed by atoms with E-state index in [0.717, 1.165) is 12.0 Å². The molecule has 0 saturated carbocycles. The number of aliphatic hydroxyl groups excluding tert-OH is 1. The van der Waals surface area contributed by atoms with Crippen molar-refractivity contribution in [2.75, 3.05) is 19.8 Å². The summed E-state index contributed by atoms with van der Waals surface area (Å²) in [6, 6.07) is 8.61. The maximum absolute atomic E-state index is 12.9. The van der Waals surface area contributed by atoms with Crippen LogP contribution in [0.2, 0.25) is 0 Å². The number of unbranched alkanes of at least 4 members (excludes halogenated alkanes) is 1. The highest BCUT2D eigenvalue weighted by Gasteiger charge is 2.24. The van der Waals surface area contributed by atoms with E-state index in [2.05, 4.69) is 23.8 Å². The molecule has 0 saturated heterocycles. The molecule has 3 N–H and O–H groups in total. The normalized spacial score (nSPS) is 13.2. The first kappa shape index (κ1) is 29.1. The quantitative estimate of drug-likeness (QED) is 0.171. The van der Waals surface area contributed by atoms with Gasteiger partial charge >= 0.3 is 5.97 Å². The first-order chi connectivity index (χ1) is 16.4. The monoisotopic (exact) mass is 474 g/mol. The van der Waals surface area contributed by atoms with E-state index in [1.54, 1.807) is 19.1 Å². The summed E-state index contributed by atoms with van der Waals surface area (Å²) in [5, 5.41) is 14.6. The molecule has 8 heteroatoms. The zero-order valence-corrected chi connectivity index (χ0v) is 20.0. The molecule has 8 nitrogen and oxygen atoms in total. The number of hydrogen-bond acceptors (Lipinski definition) is 6. The smallest absolute Gasteiger partial charge is 0.305 e. The predicted octanol–water partition coefficient (Wildman–Crippen LogP) is 2.67. The van der Waals surface area contributed by atoms with Crippen LogP contribution in [0.3, 0.4) is 0 Å². The summed E-state index contributed by atoms with van der Waals surface area (Å²) in [5.74, 6) is -1.70. The van der Waals surface area contributed by atoms with Crippen molar-refractivity contribution in [2.45, 2.75) is 57.7 Å². The van der Waals surface area contributed by atoms with Crippen molar-refractivity contribution in [2.24, 2.45) is 5.92 Å². The van der Waals surface area contributed by atoms with Crippen molar-refractivity contribution < 1.29 is 29.0 Å². The third-order valence-corrected chi connectivity index (χ3v) is 4.95. The minimum atomic E-state index is -0.650. The largest absolute Gasteiger partial charge is 0.463 e. The lowest BCUT2D eigenvalue weighted by molar-refractivity contribution is -0.146. The van der Waals surface area contributed by atoms with Crippen LogP contribution in [0.25, 0.3) is 0 Å². The molecule has 0 radical (unpaired) electrons. The summed E-state index contributed by atoms with van der Waals surface area (Å²) in [7, 11) is 0. The number of hydrogen-bond donors (Lipinski definition) is 3. The van der Waals surface area contributed by atoms with Crippen LogP contribution in [-0.4, -0.2) is 54.8 Å². The van der Waals surface area contributed by atoms with Crippen LogP contribution in [-0.2, 0) is 30.5 Å². The molecule has 0 bridgehead atoms. The standard InChI is InChI=1S/C26H38N2O6/c1-4-6-8-14-25(31)34-19-23(18-33-17-21-12-9-7-10-13-21)28-26(32)22(11-5-2)15-24(30)27-20(3)16-29/h4-5,7,9-10,12-13,20,22-23,29H,1-2,6,8,11,14-19H2,3H3,(H,27,30)(H,28,32)/t20-,22+,23-/m0/s1. The van der Waals surface area contributed by atoms with Crippen molar-refractivity contribution in [3.8, 4) is 0 Å². The molecule has 3 atom stereocenters. The molecule has 0 aliphatic rings. The molecule has 2 amide bonds. The van der Waals surface area contributed by atoms with Crippen molar-refractivity contribution in [3.63, 3.8) is 0 Å². The van der Waals surface area contributed by atoms with Gasteiger partial charge in [-0.15, -0.1) is 13.2 Å². The lowest BCUT2D eigenvalue weighted by Gasteiger charge is -2.22. The average Bonchev–Trinajstić information content (AvgIpc) is 2.82. The number of carbonyl (C=O) groups excluding carboxylic acids is 3. The topological polar surface area (TPSA) is 114 Å². The molecule has 0 spiro atoms. The Hall–Kier alpha value is -2.97. The number of rotatable bonds is 18. The van der Waals surface area contributed by atoms with Gasteiger partial charge in [0.25, 0.3) is 0 Å². The van der Waals surface area contributed by atoms with E-state index in [1.165, 1.54) is 0 Å². The van der Waals surface area contributed by atoms with E-state index in [9.17, 15) is 14.4 Å². The third-order valence-electron chi connectivity index (χ3n) is 4.95. The molecule has 0 heterocycles. The first-order valence-electron chi connectivity index (χ1n) is 11.6. The van der Waals surface area contributed by atoms with Gasteiger partial charge in [0.1, 0.15) is 6.61 Å². The van der Waals surface area contributed by atoms with Gasteiger partial charge in [-0.3, -0.25) is 14.4 Å². The molecule has 0 aliphatic carbocycles. The molecule has 34 heavy (non-hydrogen) atoms. The first-order valence-corrected chi connectivity index (χ1v) is 11.6. The van der Waals surface area contributed by atoms with Crippen LogP contribution in [0.4, 0.5) is 0 Å². The van der Waals surface area contributed by atoms with Gasteiger partial charge in [-0.05, 0) is 31.7 Å². The van der Waals surface area contributed by atoms with Gasteiger partial charge in [0, 0.05) is 18.9 Å². The summed E-state index contributed by atoms with van der Waals surface area (Å²) in [6.45, 7) is 9.22. The highest BCUT2D eigenvalue weighted by molar-refractivity contribution is 5.86. The summed E-state index contributed by atoms with van der Waals surface area (Å²) in [5.41, 5.74) is 0.980. The zero-order chi connectivity index (χ0) is 25.2. The van der Waals surface area contributed by atoms with Gasteiger partial charge in [0.05, 0.1) is 31.8 Å². The fourth-order valence-electron chi connectivity index (χ4n) is 3.09. The summed E-state index contributed by atoms with van der Waals surface area (Å²) >= 11 is 0. The number of esters is 1. The zero-order valence-electron chi connectivity index (χ0n) is 20.0. The molecule has 188 valence electrons. The van der Waals surface area contributed by atoms with E-state index in [1.807, 2.05) is 30.3 Å². The van der Waals surface area contributed by atoms with E-state index < -0.39 is 18.0 Å². The average molecular weight is 475 g/mol. The molecule has 1 rings (SSSR count). The molecular formula is C26H38N2O6. The lowest BCUT2D eigenvalue weighted by atomic mass is 9.99. The Labute approximate surface area is 202 Å². The Balaban J connectivity index is 2.72. The maximum atomic E-state index is 12.9. The van der Waals surface area contributed by atoms with Gasteiger partial charge in [-0.25, -0.2) is 0 Å². The fraction of sp³-hybridized carbons (Fsp3) is 0.500. The second kappa shape index (κ2) is 17.5. The maximum Gasteiger partial charge on any atom is 0.305 e. The predicted molar refractivity (Wildman–Crippen MR) is 131 cm³/mol. The van der Waals surface area contributed by atoms with Crippen LogP contribution < -0.4 is 10.6 Å². The Morgan fingerprint density at radius 2 is 1.82 bits per heavy atom. The van der Waals surface area contributed by atoms with Gasteiger partial charge in [-0.2, -0.15) is 0 Å². The van der Waals surface area contributed by atoms with Crippen molar-refractivity contribution >= 4 is 17.8 Å². The van der Waals surface area contributed by atoms with Crippen molar-refractivity contribution in [1.82, 2.24) is 10.6 Å². The number of allylic oxidation sites excluding steroid dienone is 2. The molecule has 0 unspecified atom stereocenters. The van der Waals surface area contributed by atoms with E-state index in [0.29, 0.717) is 19.4 Å². The molecule has 0 aliphatic heterocycles. The number of amides is 2. The number of nitrogens with one attached hydrogen (secondary N) is 2. The van der Waals surface area contributed by atoms with Gasteiger partial charge in [0.15, 0.2) is 0 Å². The number of carbonyl (C=O) groups is 3. The minimum absolute atomic E-state index is 0.0397. The van der Waals surface area contributed by atoms with Gasteiger partial charge in [0.2, 0.25) is 11.8 Å². The van der Waals surface area contributed by atoms with E-state index in [4.69, 9.17) is 14.6 Å². The highest BCUT2D eigenvalue weighted by atomic mass is 16.5. The summed E-state index contributed by atoms with van der Waals surface area (Å²) in [6.07, 6.45) is 5.19. The van der Waals surface area contributed by atoms with Crippen molar-refractivity contribution in [3.05, 3.63) is 61.2 Å². The molecule has 0 fully saturated rings. The lowest BCUT2D eigenvalue weighted by Crippen LogP contribution is -2.46. The van der Waals surface area contributed by atoms with Gasteiger partial charge < -0.3 is 25.2 Å². The molecule has 1 aromatic carbocycles. The van der Waals surface area contributed by atoms with E-state index >= 15 is 0 Å². The molecule has 0 aromatic heterocycles. The molecular weight excluding hydrogens is 436 g/mol. The third kappa shape index (κ3) is 12.9. The number of ether oxygens (including phenoxy) is 2. The SMILES string of the molecule is C=CCCCC(=O)OC[C@H](COCc1ccccc1)NC(=O)[C@H](CC=C)CC(=O)N[C@@H](C)CO. The Kier molecular flexibility index (Phi) is 15.0. The van der Waals surface area contributed by atoms with E-state index in [-0.39, 0.29) is 50.4 Å². The number of benzene rings is 1. The number of aliphatic hydroxyl groups is 1. The minimum Gasteiger partial charge on any atom is -0.463 e. The van der Waals surface area contributed by atoms with Crippen LogP contribution in [0.15, 0.2) is 55.6 Å². The molecule has 1 aromatic rings. The van der Waals surface area contributed by atoms with Crippen molar-refractivity contribution in [1.29, 1.82) is 0 Å². The van der Waals surface area contributed by atoms with Gasteiger partial charge in [-0.1, -0.05) is 42.5 Å². The Morgan fingerprint density at radius 3 is 2.47 bits per heavy atom. The van der Waals surface area contributed by atoms with Crippen LogP contribution in [0.5, 0.6) is 0 Å². The second-order valence-electron chi connectivity index (χ2n) is 8.15. The Morgan fingerprint density at radius 1 is 1.09 bits per heavy atom. The van der Waals surface area contributed by atoms with Crippen LogP contribution in [0, 0.1) is 5.92 Å².